The summed E-state index contributed by atoms with van der Waals surface area (Å²) in [5.74, 6) is 0.0972. The number of amides is 1. The van der Waals surface area contributed by atoms with Gasteiger partial charge < -0.3 is 9.64 Å². The van der Waals surface area contributed by atoms with E-state index in [4.69, 9.17) is 4.74 Å². The molecule has 2 aromatic carbocycles. The largest absolute Gasteiger partial charge is 0.380 e. The highest BCUT2D eigenvalue weighted by atomic mass is 16.5. The molecule has 0 atom stereocenters. The van der Waals surface area contributed by atoms with Crippen LogP contribution in [0.3, 0.4) is 0 Å². The monoisotopic (exact) mass is 337 g/mol. The SMILES string of the molecule is CCCc1ccc(C(=O)N(Cc2ccccc2)CC2(C)COC2)cc1. The van der Waals surface area contributed by atoms with E-state index >= 15 is 0 Å². The second-order valence-electron chi connectivity index (χ2n) is 7.40. The second kappa shape index (κ2) is 7.83. The van der Waals surface area contributed by atoms with Crippen LogP contribution in [-0.2, 0) is 17.7 Å². The van der Waals surface area contributed by atoms with Crippen molar-refractivity contribution >= 4 is 5.91 Å². The lowest BCUT2D eigenvalue weighted by atomic mass is 9.87. The van der Waals surface area contributed by atoms with Gasteiger partial charge in [0, 0.05) is 24.1 Å². The van der Waals surface area contributed by atoms with Gasteiger partial charge in [0.1, 0.15) is 0 Å². The van der Waals surface area contributed by atoms with Crippen molar-refractivity contribution in [3.8, 4) is 0 Å². The van der Waals surface area contributed by atoms with Crippen LogP contribution in [0.2, 0.25) is 0 Å². The minimum atomic E-state index is 0.0621. The third-order valence-corrected chi connectivity index (χ3v) is 4.72. The maximum Gasteiger partial charge on any atom is 0.254 e. The summed E-state index contributed by atoms with van der Waals surface area (Å²) in [5.41, 5.74) is 3.27. The van der Waals surface area contributed by atoms with Crippen LogP contribution in [-0.4, -0.2) is 30.6 Å². The predicted octanol–water partition coefficient (Wildman–Crippen LogP) is 4.32. The van der Waals surface area contributed by atoms with E-state index in [2.05, 4.69) is 38.1 Å². The van der Waals surface area contributed by atoms with Crippen LogP contribution in [0.5, 0.6) is 0 Å². The lowest BCUT2D eigenvalue weighted by Gasteiger charge is -2.41. The summed E-state index contributed by atoms with van der Waals surface area (Å²) in [7, 11) is 0. The number of aryl methyl sites for hydroxylation is 1. The van der Waals surface area contributed by atoms with E-state index in [9.17, 15) is 4.79 Å². The molecule has 1 aliphatic rings. The Bertz CT molecular complexity index is 690. The number of ether oxygens (including phenoxy) is 1. The fraction of sp³-hybridized carbons (Fsp3) is 0.409. The van der Waals surface area contributed by atoms with Crippen molar-refractivity contribution in [3.05, 3.63) is 71.3 Å². The highest BCUT2D eigenvalue weighted by Gasteiger charge is 2.36. The molecule has 132 valence electrons. The van der Waals surface area contributed by atoms with Crippen molar-refractivity contribution in [3.63, 3.8) is 0 Å². The van der Waals surface area contributed by atoms with Crippen molar-refractivity contribution in [1.82, 2.24) is 4.90 Å². The van der Waals surface area contributed by atoms with Gasteiger partial charge in [-0.2, -0.15) is 0 Å². The molecule has 0 spiro atoms. The maximum atomic E-state index is 13.1. The van der Waals surface area contributed by atoms with Gasteiger partial charge in [0.2, 0.25) is 0 Å². The van der Waals surface area contributed by atoms with Gasteiger partial charge in [-0.1, -0.05) is 62.7 Å². The first-order chi connectivity index (χ1) is 12.1. The quantitative estimate of drug-likeness (QED) is 0.753. The molecule has 3 heteroatoms. The first-order valence-electron chi connectivity index (χ1n) is 9.09. The summed E-state index contributed by atoms with van der Waals surface area (Å²) in [5, 5.41) is 0. The molecule has 0 aromatic heterocycles. The first kappa shape index (κ1) is 17.7. The molecule has 1 heterocycles. The Hall–Kier alpha value is -2.13. The number of hydrogen-bond donors (Lipinski definition) is 0. The fourth-order valence-corrected chi connectivity index (χ4v) is 3.29. The highest BCUT2D eigenvalue weighted by Crippen LogP contribution is 2.29. The number of benzene rings is 2. The molecule has 0 N–H and O–H groups in total. The van der Waals surface area contributed by atoms with Crippen LogP contribution in [0.15, 0.2) is 54.6 Å². The molecule has 2 aromatic rings. The number of hydrogen-bond acceptors (Lipinski definition) is 2. The lowest BCUT2D eigenvalue weighted by Crippen LogP contribution is -2.50. The molecule has 0 aliphatic carbocycles. The highest BCUT2D eigenvalue weighted by molar-refractivity contribution is 5.94. The average Bonchev–Trinajstić information content (AvgIpc) is 2.61. The van der Waals surface area contributed by atoms with Crippen LogP contribution in [0.1, 0.15) is 41.8 Å². The van der Waals surface area contributed by atoms with Crippen molar-refractivity contribution in [2.75, 3.05) is 19.8 Å². The molecule has 0 bridgehead atoms. The minimum Gasteiger partial charge on any atom is -0.380 e. The molecule has 3 nitrogen and oxygen atoms in total. The summed E-state index contributed by atoms with van der Waals surface area (Å²) < 4.78 is 5.38. The van der Waals surface area contributed by atoms with E-state index in [0.29, 0.717) is 6.54 Å². The Morgan fingerprint density at radius 1 is 1.04 bits per heavy atom. The molecule has 1 fully saturated rings. The van der Waals surface area contributed by atoms with Crippen LogP contribution in [0.25, 0.3) is 0 Å². The van der Waals surface area contributed by atoms with Gasteiger partial charge in [0.15, 0.2) is 0 Å². The Morgan fingerprint density at radius 2 is 1.72 bits per heavy atom. The number of carbonyl (C=O) groups excluding carboxylic acids is 1. The lowest BCUT2D eigenvalue weighted by molar-refractivity contribution is -0.111. The standard InChI is InChI=1S/C22H27NO2/c1-3-7-18-10-12-20(13-11-18)21(24)23(15-22(2)16-25-17-22)14-19-8-5-4-6-9-19/h4-6,8-13H,3,7,14-17H2,1-2H3. The third kappa shape index (κ3) is 4.49. The summed E-state index contributed by atoms with van der Waals surface area (Å²) in [6, 6.07) is 18.3. The van der Waals surface area contributed by atoms with E-state index in [1.165, 1.54) is 5.56 Å². The van der Waals surface area contributed by atoms with Gasteiger partial charge in [-0.15, -0.1) is 0 Å². The van der Waals surface area contributed by atoms with Crippen molar-refractivity contribution in [1.29, 1.82) is 0 Å². The summed E-state index contributed by atoms with van der Waals surface area (Å²) in [6.45, 7) is 7.15. The smallest absolute Gasteiger partial charge is 0.254 e. The van der Waals surface area contributed by atoms with Crippen LogP contribution in [0, 0.1) is 5.41 Å². The summed E-state index contributed by atoms with van der Waals surface area (Å²) in [4.78, 5) is 15.1. The molecule has 1 amide bonds. The maximum absolute atomic E-state index is 13.1. The van der Waals surface area contributed by atoms with Crippen LogP contribution in [0.4, 0.5) is 0 Å². The van der Waals surface area contributed by atoms with Gasteiger partial charge in [-0.25, -0.2) is 0 Å². The van der Waals surface area contributed by atoms with Crippen molar-refractivity contribution in [2.45, 2.75) is 33.2 Å². The number of rotatable bonds is 7. The number of nitrogens with zero attached hydrogens (tertiary/aromatic N) is 1. The topological polar surface area (TPSA) is 29.5 Å². The Morgan fingerprint density at radius 3 is 2.28 bits per heavy atom. The zero-order valence-corrected chi connectivity index (χ0v) is 15.2. The van der Waals surface area contributed by atoms with E-state index in [-0.39, 0.29) is 11.3 Å². The Kier molecular flexibility index (Phi) is 5.54. The van der Waals surface area contributed by atoms with E-state index < -0.39 is 0 Å². The van der Waals surface area contributed by atoms with Crippen LogP contribution >= 0.6 is 0 Å². The molecule has 25 heavy (non-hydrogen) atoms. The number of carbonyl (C=O) groups is 1. The first-order valence-corrected chi connectivity index (χ1v) is 9.09. The van der Waals surface area contributed by atoms with Gasteiger partial charge >= 0.3 is 0 Å². The van der Waals surface area contributed by atoms with Gasteiger partial charge in [0.25, 0.3) is 5.91 Å². The molecular formula is C22H27NO2. The van der Waals surface area contributed by atoms with E-state index in [0.717, 1.165) is 43.7 Å². The minimum absolute atomic E-state index is 0.0621. The molecule has 0 saturated carbocycles. The molecule has 1 saturated heterocycles. The molecular weight excluding hydrogens is 310 g/mol. The van der Waals surface area contributed by atoms with Crippen molar-refractivity contribution < 1.29 is 9.53 Å². The predicted molar refractivity (Wildman–Crippen MR) is 101 cm³/mol. The molecule has 0 radical (unpaired) electrons. The normalized spacial score (nSPS) is 15.4. The molecule has 1 aliphatic heterocycles. The second-order valence-corrected chi connectivity index (χ2v) is 7.40. The van der Waals surface area contributed by atoms with Crippen molar-refractivity contribution in [2.24, 2.45) is 5.41 Å². The van der Waals surface area contributed by atoms with E-state index in [1.807, 2.05) is 35.2 Å². The fourth-order valence-electron chi connectivity index (χ4n) is 3.29. The molecule has 0 unspecified atom stereocenters. The molecule has 3 rings (SSSR count). The Labute approximate surface area is 150 Å². The van der Waals surface area contributed by atoms with Gasteiger partial charge in [-0.05, 0) is 29.7 Å². The average molecular weight is 337 g/mol. The third-order valence-electron chi connectivity index (χ3n) is 4.72. The van der Waals surface area contributed by atoms with Gasteiger partial charge in [-0.3, -0.25) is 4.79 Å². The zero-order valence-electron chi connectivity index (χ0n) is 15.2. The van der Waals surface area contributed by atoms with Gasteiger partial charge in [0.05, 0.1) is 13.2 Å². The van der Waals surface area contributed by atoms with E-state index in [1.54, 1.807) is 0 Å². The van der Waals surface area contributed by atoms with Crippen LogP contribution < -0.4 is 0 Å². The summed E-state index contributed by atoms with van der Waals surface area (Å²) >= 11 is 0. The summed E-state index contributed by atoms with van der Waals surface area (Å²) in [6.07, 6.45) is 2.17. The zero-order chi connectivity index (χ0) is 17.7. The Balaban J connectivity index is 1.78.